The van der Waals surface area contributed by atoms with Crippen molar-refractivity contribution in [3.63, 3.8) is 0 Å². The van der Waals surface area contributed by atoms with Crippen LogP contribution in [-0.4, -0.2) is 47.6 Å². The number of nitrogens with zero attached hydrogens (tertiary/aromatic N) is 1. The lowest BCUT2D eigenvalue weighted by Crippen LogP contribution is -2.45. The molecule has 2 rings (SSSR count). The molecule has 2 saturated carbocycles. The standard InChI is InChI=1S/C15H26N2O3/c1-11-2-6-13(7-3-11)16-14(18)9-17(10-15(19)20)8-12-4-5-12/h11-13H,2-10H2,1H3,(H,16,18)(H,19,20). The summed E-state index contributed by atoms with van der Waals surface area (Å²) in [4.78, 5) is 24.7. The first-order valence-electron chi connectivity index (χ1n) is 7.76. The van der Waals surface area contributed by atoms with Gasteiger partial charge in [0.15, 0.2) is 0 Å². The van der Waals surface area contributed by atoms with E-state index in [2.05, 4.69) is 12.2 Å². The number of hydrogen-bond donors (Lipinski definition) is 2. The molecule has 2 N–H and O–H groups in total. The summed E-state index contributed by atoms with van der Waals surface area (Å²) in [5, 5.41) is 12.0. The van der Waals surface area contributed by atoms with E-state index in [9.17, 15) is 9.59 Å². The van der Waals surface area contributed by atoms with Gasteiger partial charge in [0.25, 0.3) is 0 Å². The van der Waals surface area contributed by atoms with Crippen LogP contribution in [0.25, 0.3) is 0 Å². The minimum absolute atomic E-state index is 0.0218. The maximum atomic E-state index is 12.0. The van der Waals surface area contributed by atoms with Gasteiger partial charge in [0.2, 0.25) is 5.91 Å². The normalized spacial score (nSPS) is 26.5. The fraction of sp³-hybridized carbons (Fsp3) is 0.867. The van der Waals surface area contributed by atoms with Gasteiger partial charge in [-0.1, -0.05) is 6.92 Å². The van der Waals surface area contributed by atoms with Crippen molar-refractivity contribution in [3.05, 3.63) is 0 Å². The molecule has 0 spiro atoms. The fourth-order valence-corrected chi connectivity index (χ4v) is 2.92. The number of amides is 1. The molecule has 0 saturated heterocycles. The first-order chi connectivity index (χ1) is 9.52. The molecule has 0 aliphatic heterocycles. The number of hydrogen-bond acceptors (Lipinski definition) is 3. The van der Waals surface area contributed by atoms with Crippen molar-refractivity contribution in [2.45, 2.75) is 51.5 Å². The summed E-state index contributed by atoms with van der Waals surface area (Å²) in [6.07, 6.45) is 6.77. The van der Waals surface area contributed by atoms with E-state index in [-0.39, 0.29) is 25.0 Å². The second-order valence-corrected chi connectivity index (χ2v) is 6.53. The molecule has 0 radical (unpaired) electrons. The first-order valence-corrected chi connectivity index (χ1v) is 7.76. The second-order valence-electron chi connectivity index (χ2n) is 6.53. The van der Waals surface area contributed by atoms with Crippen molar-refractivity contribution in [3.8, 4) is 0 Å². The summed E-state index contributed by atoms with van der Waals surface area (Å²) < 4.78 is 0. The number of carboxylic acid groups (broad SMARTS) is 1. The highest BCUT2D eigenvalue weighted by molar-refractivity contribution is 5.79. The SMILES string of the molecule is CC1CCC(NC(=O)CN(CC(=O)O)CC2CC2)CC1. The molecule has 20 heavy (non-hydrogen) atoms. The Hall–Kier alpha value is -1.10. The predicted octanol–water partition coefficient (Wildman–Crippen LogP) is 1.48. The molecule has 0 aromatic carbocycles. The third-order valence-electron chi connectivity index (χ3n) is 4.32. The van der Waals surface area contributed by atoms with E-state index >= 15 is 0 Å². The van der Waals surface area contributed by atoms with Gasteiger partial charge in [0.05, 0.1) is 13.1 Å². The second kappa shape index (κ2) is 7.07. The molecule has 0 heterocycles. The Bertz CT molecular complexity index is 347. The molecule has 5 nitrogen and oxygen atoms in total. The lowest BCUT2D eigenvalue weighted by Gasteiger charge is -2.28. The molecular weight excluding hydrogens is 256 g/mol. The van der Waals surface area contributed by atoms with E-state index in [4.69, 9.17) is 5.11 Å². The van der Waals surface area contributed by atoms with Gasteiger partial charge >= 0.3 is 5.97 Å². The summed E-state index contributed by atoms with van der Waals surface area (Å²) in [5.74, 6) is 0.482. The molecule has 0 aromatic heterocycles. The predicted molar refractivity (Wildman–Crippen MR) is 76.4 cm³/mol. The van der Waals surface area contributed by atoms with Crippen molar-refractivity contribution in [1.82, 2.24) is 10.2 Å². The van der Waals surface area contributed by atoms with Crippen LogP contribution < -0.4 is 5.32 Å². The Morgan fingerprint density at radius 2 is 1.75 bits per heavy atom. The van der Waals surface area contributed by atoms with E-state index in [0.29, 0.717) is 5.92 Å². The number of carbonyl (C=O) groups excluding carboxylic acids is 1. The summed E-state index contributed by atoms with van der Waals surface area (Å²) in [7, 11) is 0. The summed E-state index contributed by atoms with van der Waals surface area (Å²) in [6, 6.07) is 0.284. The van der Waals surface area contributed by atoms with Crippen LogP contribution in [0, 0.1) is 11.8 Å². The van der Waals surface area contributed by atoms with Gasteiger partial charge in [-0.15, -0.1) is 0 Å². The molecule has 114 valence electrons. The maximum Gasteiger partial charge on any atom is 0.317 e. The quantitative estimate of drug-likeness (QED) is 0.742. The lowest BCUT2D eigenvalue weighted by molar-refractivity contribution is -0.138. The van der Waals surface area contributed by atoms with Crippen molar-refractivity contribution in [1.29, 1.82) is 0 Å². The van der Waals surface area contributed by atoms with E-state index < -0.39 is 5.97 Å². The topological polar surface area (TPSA) is 69.6 Å². The van der Waals surface area contributed by atoms with Crippen LogP contribution in [0.4, 0.5) is 0 Å². The van der Waals surface area contributed by atoms with Crippen LogP contribution in [0.15, 0.2) is 0 Å². The molecule has 1 amide bonds. The van der Waals surface area contributed by atoms with Crippen molar-refractivity contribution < 1.29 is 14.7 Å². The van der Waals surface area contributed by atoms with Gasteiger partial charge in [-0.2, -0.15) is 0 Å². The fourth-order valence-electron chi connectivity index (χ4n) is 2.92. The number of nitrogens with one attached hydrogen (secondary N) is 1. The summed E-state index contributed by atoms with van der Waals surface area (Å²) in [6.45, 7) is 3.17. The molecule has 2 aliphatic rings. The smallest absolute Gasteiger partial charge is 0.317 e. The average molecular weight is 282 g/mol. The van der Waals surface area contributed by atoms with E-state index in [1.54, 1.807) is 4.90 Å². The van der Waals surface area contributed by atoms with Crippen LogP contribution >= 0.6 is 0 Å². The number of carbonyl (C=O) groups is 2. The van der Waals surface area contributed by atoms with Crippen molar-refractivity contribution in [2.24, 2.45) is 11.8 Å². The molecule has 0 atom stereocenters. The van der Waals surface area contributed by atoms with Gasteiger partial charge in [-0.25, -0.2) is 0 Å². The Labute approximate surface area is 120 Å². The summed E-state index contributed by atoms with van der Waals surface area (Å²) >= 11 is 0. The first kappa shape index (κ1) is 15.3. The highest BCUT2D eigenvalue weighted by atomic mass is 16.4. The molecule has 2 fully saturated rings. The van der Waals surface area contributed by atoms with Gasteiger partial charge in [-0.05, 0) is 50.4 Å². The molecule has 0 aromatic rings. The molecule has 2 aliphatic carbocycles. The highest BCUT2D eigenvalue weighted by Gasteiger charge is 2.27. The monoisotopic (exact) mass is 282 g/mol. The summed E-state index contributed by atoms with van der Waals surface area (Å²) in [5.41, 5.74) is 0. The van der Waals surface area contributed by atoms with Crippen LogP contribution in [0.2, 0.25) is 0 Å². The Morgan fingerprint density at radius 3 is 2.30 bits per heavy atom. The molecule has 5 heteroatoms. The van der Waals surface area contributed by atoms with E-state index in [0.717, 1.165) is 38.1 Å². The van der Waals surface area contributed by atoms with Crippen molar-refractivity contribution in [2.75, 3.05) is 19.6 Å². The maximum absolute atomic E-state index is 12.0. The third kappa shape index (κ3) is 5.49. The largest absolute Gasteiger partial charge is 0.480 e. The zero-order valence-electron chi connectivity index (χ0n) is 12.3. The third-order valence-corrected chi connectivity index (χ3v) is 4.32. The number of aliphatic carboxylic acids is 1. The zero-order valence-corrected chi connectivity index (χ0v) is 12.3. The molecule has 0 bridgehead atoms. The van der Waals surface area contributed by atoms with Gasteiger partial charge in [0, 0.05) is 12.6 Å². The van der Waals surface area contributed by atoms with E-state index in [1.165, 1.54) is 12.8 Å². The number of carboxylic acids is 1. The minimum atomic E-state index is -0.857. The minimum Gasteiger partial charge on any atom is -0.480 e. The van der Waals surface area contributed by atoms with Crippen LogP contribution in [0.1, 0.15) is 45.4 Å². The number of rotatable bonds is 7. The Morgan fingerprint density at radius 1 is 1.10 bits per heavy atom. The van der Waals surface area contributed by atoms with Crippen LogP contribution in [0.5, 0.6) is 0 Å². The highest BCUT2D eigenvalue weighted by Crippen LogP contribution is 2.29. The van der Waals surface area contributed by atoms with E-state index in [1.807, 2.05) is 0 Å². The van der Waals surface area contributed by atoms with Crippen LogP contribution in [0.3, 0.4) is 0 Å². The lowest BCUT2D eigenvalue weighted by atomic mass is 9.87. The van der Waals surface area contributed by atoms with Crippen molar-refractivity contribution >= 4 is 11.9 Å². The van der Waals surface area contributed by atoms with Gasteiger partial charge in [0.1, 0.15) is 0 Å². The Kier molecular flexibility index (Phi) is 5.40. The van der Waals surface area contributed by atoms with Crippen LogP contribution in [-0.2, 0) is 9.59 Å². The van der Waals surface area contributed by atoms with Gasteiger partial charge < -0.3 is 10.4 Å². The van der Waals surface area contributed by atoms with Gasteiger partial charge in [-0.3, -0.25) is 14.5 Å². The zero-order chi connectivity index (χ0) is 14.5. The molecular formula is C15H26N2O3. The Balaban J connectivity index is 1.73. The average Bonchev–Trinajstić information content (AvgIpc) is 3.15. The molecule has 0 unspecified atom stereocenters.